The van der Waals surface area contributed by atoms with Gasteiger partial charge >= 0.3 is 11.9 Å². The number of hydrogen-bond acceptors (Lipinski definition) is 4. The van der Waals surface area contributed by atoms with Crippen LogP contribution in [-0.4, -0.2) is 22.0 Å². The van der Waals surface area contributed by atoms with Crippen molar-refractivity contribution in [1.29, 1.82) is 0 Å². The van der Waals surface area contributed by atoms with E-state index in [1.807, 2.05) is 0 Å². The molecule has 0 spiro atoms. The van der Waals surface area contributed by atoms with E-state index in [9.17, 15) is 9.59 Å². The minimum absolute atomic E-state index is 0.0309. The van der Waals surface area contributed by atoms with E-state index in [1.54, 1.807) is 0 Å². The molecule has 0 radical (unpaired) electrons. The Morgan fingerprint density at radius 1 is 1.50 bits per heavy atom. The van der Waals surface area contributed by atoms with Crippen LogP contribution in [0.3, 0.4) is 0 Å². The van der Waals surface area contributed by atoms with Crippen LogP contribution in [0.2, 0.25) is 0 Å². The van der Waals surface area contributed by atoms with Crippen molar-refractivity contribution in [3.63, 3.8) is 0 Å². The second-order valence-corrected chi connectivity index (χ2v) is 2.32. The van der Waals surface area contributed by atoms with Gasteiger partial charge in [0.2, 0.25) is 5.88 Å². The fraction of sp³-hybridized carbons (Fsp3) is 0. The molecule has 5 nitrogen and oxygen atoms in total. The SMILES string of the molecule is C=CC(=O)Oc1ccc(C(=O)O)cn1. The zero-order chi connectivity index (χ0) is 10.6. The van der Waals surface area contributed by atoms with E-state index in [4.69, 9.17) is 5.11 Å². The summed E-state index contributed by atoms with van der Waals surface area (Å²) < 4.78 is 4.64. The maximum absolute atomic E-state index is 10.7. The lowest BCUT2D eigenvalue weighted by Gasteiger charge is -1.99. The Hall–Kier alpha value is -2.17. The van der Waals surface area contributed by atoms with Gasteiger partial charge in [0.15, 0.2) is 0 Å². The molecule has 1 rings (SSSR count). The molecule has 1 aromatic rings. The largest absolute Gasteiger partial charge is 0.478 e. The number of aromatic nitrogens is 1. The van der Waals surface area contributed by atoms with Gasteiger partial charge in [-0.2, -0.15) is 0 Å². The first kappa shape index (κ1) is 9.91. The van der Waals surface area contributed by atoms with E-state index in [1.165, 1.54) is 12.1 Å². The van der Waals surface area contributed by atoms with Crippen molar-refractivity contribution >= 4 is 11.9 Å². The summed E-state index contributed by atoms with van der Waals surface area (Å²) in [5.74, 6) is -1.68. The summed E-state index contributed by atoms with van der Waals surface area (Å²) in [5, 5.41) is 8.54. The van der Waals surface area contributed by atoms with E-state index in [2.05, 4.69) is 16.3 Å². The number of esters is 1. The minimum Gasteiger partial charge on any atom is -0.478 e. The first-order valence-electron chi connectivity index (χ1n) is 3.67. The quantitative estimate of drug-likeness (QED) is 0.569. The Bertz CT molecular complexity index is 369. The van der Waals surface area contributed by atoms with E-state index < -0.39 is 11.9 Å². The molecule has 0 fully saturated rings. The highest BCUT2D eigenvalue weighted by Crippen LogP contribution is 2.07. The number of ether oxygens (including phenoxy) is 1. The number of rotatable bonds is 3. The number of aromatic carboxylic acids is 1. The lowest BCUT2D eigenvalue weighted by molar-refractivity contribution is -0.129. The fourth-order valence-corrected chi connectivity index (χ4v) is 0.712. The number of carboxylic acids is 1. The number of hydrogen-bond donors (Lipinski definition) is 1. The van der Waals surface area contributed by atoms with Crippen LogP contribution in [0.25, 0.3) is 0 Å². The predicted octanol–water partition coefficient (Wildman–Crippen LogP) is 0.871. The van der Waals surface area contributed by atoms with Crippen LogP contribution in [0.4, 0.5) is 0 Å². The highest BCUT2D eigenvalue weighted by atomic mass is 16.5. The van der Waals surface area contributed by atoms with Gasteiger partial charge in [-0.05, 0) is 6.07 Å². The molecule has 0 aromatic carbocycles. The van der Waals surface area contributed by atoms with Crippen LogP contribution in [0.5, 0.6) is 5.88 Å². The summed E-state index contributed by atoms with van der Waals surface area (Å²) in [6.07, 6.45) is 2.10. The van der Waals surface area contributed by atoms with Gasteiger partial charge in [-0.25, -0.2) is 14.6 Å². The van der Waals surface area contributed by atoms with E-state index in [-0.39, 0.29) is 11.4 Å². The van der Waals surface area contributed by atoms with Crippen LogP contribution >= 0.6 is 0 Å². The molecule has 0 aliphatic heterocycles. The van der Waals surface area contributed by atoms with Crippen molar-refractivity contribution in [2.45, 2.75) is 0 Å². The Balaban J connectivity index is 2.78. The second-order valence-electron chi connectivity index (χ2n) is 2.32. The molecule has 0 saturated heterocycles. The predicted molar refractivity (Wildman–Crippen MR) is 47.0 cm³/mol. The maximum Gasteiger partial charge on any atom is 0.337 e. The Labute approximate surface area is 79.7 Å². The highest BCUT2D eigenvalue weighted by Gasteiger charge is 2.04. The molecule has 1 heterocycles. The molecule has 0 amide bonds. The molecule has 0 atom stereocenters. The van der Waals surface area contributed by atoms with Crippen molar-refractivity contribution in [3.05, 3.63) is 36.5 Å². The molecule has 72 valence electrons. The zero-order valence-corrected chi connectivity index (χ0v) is 7.14. The molecule has 1 N–H and O–H groups in total. The summed E-state index contributed by atoms with van der Waals surface area (Å²) in [7, 11) is 0. The second kappa shape index (κ2) is 4.18. The van der Waals surface area contributed by atoms with Crippen molar-refractivity contribution in [2.75, 3.05) is 0 Å². The first-order chi connectivity index (χ1) is 6.63. The standard InChI is InChI=1S/C9H7NO4/c1-2-8(11)14-7-4-3-6(5-10-7)9(12)13/h2-5H,1H2,(H,12,13). The Morgan fingerprint density at radius 3 is 2.64 bits per heavy atom. The van der Waals surface area contributed by atoms with Crippen LogP contribution < -0.4 is 4.74 Å². The molecular formula is C9H7NO4. The molecular weight excluding hydrogens is 186 g/mol. The Morgan fingerprint density at radius 2 is 2.21 bits per heavy atom. The monoisotopic (exact) mass is 193 g/mol. The van der Waals surface area contributed by atoms with E-state index >= 15 is 0 Å². The normalized spacial score (nSPS) is 9.14. The smallest absolute Gasteiger partial charge is 0.337 e. The number of carbonyl (C=O) groups excluding carboxylic acids is 1. The maximum atomic E-state index is 10.7. The van der Waals surface area contributed by atoms with Crippen molar-refractivity contribution in [1.82, 2.24) is 4.98 Å². The average molecular weight is 193 g/mol. The lowest BCUT2D eigenvalue weighted by Crippen LogP contribution is -2.05. The van der Waals surface area contributed by atoms with Gasteiger partial charge in [-0.3, -0.25) is 0 Å². The van der Waals surface area contributed by atoms with Gasteiger partial charge < -0.3 is 9.84 Å². The van der Waals surface area contributed by atoms with Gasteiger partial charge in [0, 0.05) is 18.3 Å². The molecule has 0 aliphatic carbocycles. The van der Waals surface area contributed by atoms with Crippen molar-refractivity contribution < 1.29 is 19.4 Å². The molecule has 0 aliphatic rings. The van der Waals surface area contributed by atoms with Gasteiger partial charge in [0.25, 0.3) is 0 Å². The third kappa shape index (κ3) is 2.41. The number of carbonyl (C=O) groups is 2. The van der Waals surface area contributed by atoms with Gasteiger partial charge in [-0.1, -0.05) is 6.58 Å². The molecule has 14 heavy (non-hydrogen) atoms. The number of carboxylic acid groups (broad SMARTS) is 1. The zero-order valence-electron chi connectivity index (χ0n) is 7.14. The summed E-state index contributed by atoms with van der Waals surface area (Å²) in [4.78, 5) is 24.7. The topological polar surface area (TPSA) is 76.5 Å². The van der Waals surface area contributed by atoms with Gasteiger partial charge in [0.05, 0.1) is 5.56 Å². The molecule has 5 heteroatoms. The molecule has 0 saturated carbocycles. The van der Waals surface area contributed by atoms with Crippen LogP contribution in [0.1, 0.15) is 10.4 Å². The molecule has 0 bridgehead atoms. The van der Waals surface area contributed by atoms with Crippen molar-refractivity contribution in [2.24, 2.45) is 0 Å². The number of nitrogens with zero attached hydrogens (tertiary/aromatic N) is 1. The summed E-state index contributed by atoms with van der Waals surface area (Å²) in [6, 6.07) is 2.59. The fourth-order valence-electron chi connectivity index (χ4n) is 0.712. The van der Waals surface area contributed by atoms with Crippen LogP contribution in [-0.2, 0) is 4.79 Å². The number of pyridine rings is 1. The highest BCUT2D eigenvalue weighted by molar-refractivity contribution is 5.87. The average Bonchev–Trinajstić information content (AvgIpc) is 2.18. The summed E-state index contributed by atoms with van der Waals surface area (Å²) in [5.41, 5.74) is 0.0309. The van der Waals surface area contributed by atoms with Gasteiger partial charge in [-0.15, -0.1) is 0 Å². The lowest BCUT2D eigenvalue weighted by atomic mass is 10.3. The first-order valence-corrected chi connectivity index (χ1v) is 3.67. The summed E-state index contributed by atoms with van der Waals surface area (Å²) in [6.45, 7) is 3.21. The summed E-state index contributed by atoms with van der Waals surface area (Å²) >= 11 is 0. The van der Waals surface area contributed by atoms with Crippen molar-refractivity contribution in [3.8, 4) is 5.88 Å². The Kier molecular flexibility index (Phi) is 2.96. The van der Waals surface area contributed by atoms with E-state index in [0.717, 1.165) is 12.3 Å². The van der Waals surface area contributed by atoms with Crippen LogP contribution in [0, 0.1) is 0 Å². The van der Waals surface area contributed by atoms with Gasteiger partial charge in [0.1, 0.15) is 0 Å². The molecule has 0 unspecified atom stereocenters. The third-order valence-corrected chi connectivity index (χ3v) is 1.36. The minimum atomic E-state index is -1.08. The van der Waals surface area contributed by atoms with E-state index in [0.29, 0.717) is 0 Å². The molecule has 1 aromatic heterocycles. The van der Waals surface area contributed by atoms with Crippen LogP contribution in [0.15, 0.2) is 31.0 Å². The third-order valence-electron chi connectivity index (χ3n) is 1.36.